The minimum Gasteiger partial charge on any atom is -0.495 e. The highest BCUT2D eigenvalue weighted by Crippen LogP contribution is 2.39. The first-order valence-corrected chi connectivity index (χ1v) is 8.10. The average Bonchev–Trinajstić information content (AvgIpc) is 2.99. The summed E-state index contributed by atoms with van der Waals surface area (Å²) in [5.41, 5.74) is 0.354. The topological polar surface area (TPSA) is 29.5 Å². The van der Waals surface area contributed by atoms with Crippen LogP contribution in [0, 0.1) is 0 Å². The van der Waals surface area contributed by atoms with Gasteiger partial charge in [-0.1, -0.05) is 38.3 Å². The van der Waals surface area contributed by atoms with Crippen LogP contribution in [-0.2, 0) is 0 Å². The molecule has 0 amide bonds. The molecule has 0 aliphatic heterocycles. The maximum absolute atomic E-state index is 13.2. The first-order valence-electron chi connectivity index (χ1n) is 7.72. The van der Waals surface area contributed by atoms with Crippen molar-refractivity contribution in [2.24, 2.45) is 0 Å². The van der Waals surface area contributed by atoms with E-state index in [1.54, 1.807) is 19.2 Å². The summed E-state index contributed by atoms with van der Waals surface area (Å²) in [7, 11) is 1.57. The van der Waals surface area contributed by atoms with Gasteiger partial charge in [0, 0.05) is 5.56 Å². The second-order valence-electron chi connectivity index (χ2n) is 5.59. The number of ketones is 1. The molecule has 1 aromatic rings. The molecule has 0 heterocycles. The average molecular weight is 310 g/mol. The Balaban J connectivity index is 2.39. The monoisotopic (exact) mass is 309 g/mol. The number of ether oxygens (including phenoxy) is 1. The van der Waals surface area contributed by atoms with Crippen LogP contribution in [0.3, 0.4) is 0 Å². The summed E-state index contributed by atoms with van der Waals surface area (Å²) >= 11 is 6.07. The van der Waals surface area contributed by atoms with E-state index < -0.39 is 0 Å². The lowest BCUT2D eigenvalue weighted by atomic mass is 9.85. The van der Waals surface area contributed by atoms with E-state index in [1.807, 2.05) is 6.07 Å². The molecule has 0 unspecified atom stereocenters. The van der Waals surface area contributed by atoms with Gasteiger partial charge in [-0.3, -0.25) is 9.69 Å². The fraction of sp³-hybridized carbons (Fsp3) is 0.588. The molecule has 0 aromatic heterocycles. The van der Waals surface area contributed by atoms with Gasteiger partial charge in [0.1, 0.15) is 5.75 Å². The molecule has 0 saturated heterocycles. The van der Waals surface area contributed by atoms with Crippen LogP contribution in [0.15, 0.2) is 18.2 Å². The van der Waals surface area contributed by atoms with Gasteiger partial charge in [0.2, 0.25) is 0 Å². The second-order valence-corrected chi connectivity index (χ2v) is 6.00. The van der Waals surface area contributed by atoms with E-state index in [0.29, 0.717) is 16.3 Å². The summed E-state index contributed by atoms with van der Waals surface area (Å²) in [6.07, 6.45) is 4.12. The van der Waals surface area contributed by atoms with Gasteiger partial charge >= 0.3 is 0 Å². The van der Waals surface area contributed by atoms with Crippen LogP contribution in [0.2, 0.25) is 5.02 Å². The number of likely N-dealkylation sites (N-methyl/N-ethyl adjacent to an activating group) is 1. The highest BCUT2D eigenvalue weighted by atomic mass is 35.5. The molecular weight excluding hydrogens is 286 g/mol. The zero-order chi connectivity index (χ0) is 15.5. The number of hydrogen-bond acceptors (Lipinski definition) is 3. The molecule has 116 valence electrons. The summed E-state index contributed by atoms with van der Waals surface area (Å²) in [5, 5.41) is 0.539. The Morgan fingerprint density at radius 1 is 1.29 bits per heavy atom. The van der Waals surface area contributed by atoms with Crippen LogP contribution in [0.4, 0.5) is 0 Å². The smallest absolute Gasteiger partial charge is 0.183 e. The molecule has 0 spiro atoms. The van der Waals surface area contributed by atoms with Crippen molar-refractivity contribution in [1.29, 1.82) is 0 Å². The number of benzene rings is 1. The number of hydrogen-bond donors (Lipinski definition) is 0. The summed E-state index contributed by atoms with van der Waals surface area (Å²) in [5.74, 6) is 0.772. The zero-order valence-electron chi connectivity index (χ0n) is 13.1. The molecule has 0 radical (unpaired) electrons. The van der Waals surface area contributed by atoms with Gasteiger partial charge < -0.3 is 4.74 Å². The summed E-state index contributed by atoms with van der Waals surface area (Å²) < 4.78 is 5.25. The fourth-order valence-corrected chi connectivity index (χ4v) is 3.74. The van der Waals surface area contributed by atoms with Gasteiger partial charge in [-0.2, -0.15) is 0 Å². The number of halogens is 1. The van der Waals surface area contributed by atoms with Gasteiger partial charge in [-0.15, -0.1) is 0 Å². The maximum Gasteiger partial charge on any atom is 0.183 e. The molecule has 1 aliphatic rings. The van der Waals surface area contributed by atoms with Crippen LogP contribution in [-0.4, -0.2) is 36.4 Å². The van der Waals surface area contributed by atoms with Crippen LogP contribution < -0.4 is 4.74 Å². The van der Waals surface area contributed by atoms with Crippen molar-refractivity contribution in [3.8, 4) is 5.75 Å². The van der Waals surface area contributed by atoms with Crippen molar-refractivity contribution in [1.82, 2.24) is 4.90 Å². The van der Waals surface area contributed by atoms with Gasteiger partial charge in [0.15, 0.2) is 5.78 Å². The third kappa shape index (κ3) is 2.95. The van der Waals surface area contributed by atoms with E-state index in [2.05, 4.69) is 18.7 Å². The molecule has 4 heteroatoms. The number of nitrogens with zero attached hydrogens (tertiary/aromatic N) is 1. The Kier molecular flexibility index (Phi) is 5.28. The molecule has 0 bridgehead atoms. The predicted octanol–water partition coefficient (Wildman–Crippen LogP) is 4.19. The number of rotatable bonds is 6. The van der Waals surface area contributed by atoms with Crippen LogP contribution in [0.1, 0.15) is 49.9 Å². The largest absolute Gasteiger partial charge is 0.495 e. The number of Topliss-reactive ketones (excluding diaryl/α,β-unsaturated/α-hetero) is 1. The third-order valence-corrected chi connectivity index (χ3v) is 4.95. The van der Waals surface area contributed by atoms with Crippen LogP contribution in [0.25, 0.3) is 0 Å². The van der Waals surface area contributed by atoms with Crippen molar-refractivity contribution in [3.05, 3.63) is 28.8 Å². The number of carbonyl (C=O) groups is 1. The fourth-order valence-electron chi connectivity index (χ4n) is 3.55. The Bertz CT molecular complexity index is 506. The summed E-state index contributed by atoms with van der Waals surface area (Å²) in [6, 6.07) is 5.34. The highest BCUT2D eigenvalue weighted by molar-refractivity contribution is 6.32. The second kappa shape index (κ2) is 6.80. The van der Waals surface area contributed by atoms with Gasteiger partial charge in [-0.05, 0) is 44.1 Å². The molecular formula is C17H24ClNO2. The van der Waals surface area contributed by atoms with E-state index in [4.69, 9.17) is 16.3 Å². The van der Waals surface area contributed by atoms with Crippen molar-refractivity contribution in [2.45, 2.75) is 45.1 Å². The van der Waals surface area contributed by atoms with Crippen molar-refractivity contribution < 1.29 is 9.53 Å². The molecule has 0 N–H and O–H groups in total. The lowest BCUT2D eigenvalue weighted by molar-refractivity contribution is 0.0584. The van der Waals surface area contributed by atoms with Crippen molar-refractivity contribution in [3.63, 3.8) is 0 Å². The predicted molar refractivity (Wildman–Crippen MR) is 86.5 cm³/mol. The molecule has 1 aromatic carbocycles. The molecule has 1 saturated carbocycles. The lowest BCUT2D eigenvalue weighted by Crippen LogP contribution is -2.52. The molecule has 21 heavy (non-hydrogen) atoms. The third-order valence-electron chi connectivity index (χ3n) is 4.64. The van der Waals surface area contributed by atoms with Crippen molar-refractivity contribution in [2.75, 3.05) is 20.2 Å². The quantitative estimate of drug-likeness (QED) is 0.738. The summed E-state index contributed by atoms with van der Waals surface area (Å²) in [4.78, 5) is 15.5. The van der Waals surface area contributed by atoms with E-state index >= 15 is 0 Å². The Hall–Kier alpha value is -1.06. The highest BCUT2D eigenvalue weighted by Gasteiger charge is 2.45. The first-order chi connectivity index (χ1) is 10.1. The number of carbonyl (C=O) groups excluding carboxylic acids is 1. The van der Waals surface area contributed by atoms with Gasteiger partial charge in [0.05, 0.1) is 17.7 Å². The van der Waals surface area contributed by atoms with Crippen LogP contribution in [0.5, 0.6) is 5.75 Å². The SMILES string of the molecule is CCN(CC)C1(C(=O)c2ccc(Cl)c(OC)c2)CCCC1. The minimum atomic E-state index is -0.345. The van der Waals surface area contributed by atoms with Crippen molar-refractivity contribution >= 4 is 17.4 Å². The maximum atomic E-state index is 13.2. The molecule has 0 atom stereocenters. The van der Waals surface area contributed by atoms with Gasteiger partial charge in [-0.25, -0.2) is 0 Å². The van der Waals surface area contributed by atoms with Gasteiger partial charge in [0.25, 0.3) is 0 Å². The number of methoxy groups -OCH3 is 1. The molecule has 1 fully saturated rings. The van der Waals surface area contributed by atoms with E-state index in [0.717, 1.165) is 38.8 Å². The standard InChI is InChI=1S/C17H24ClNO2/c1-4-19(5-2)17(10-6-7-11-17)16(20)13-8-9-14(18)15(12-13)21-3/h8-9,12H,4-7,10-11H2,1-3H3. The Morgan fingerprint density at radius 3 is 2.43 bits per heavy atom. The van der Waals surface area contributed by atoms with E-state index in [-0.39, 0.29) is 11.3 Å². The minimum absolute atomic E-state index is 0.207. The first kappa shape index (κ1) is 16.3. The molecule has 2 rings (SSSR count). The van der Waals surface area contributed by atoms with Crippen LogP contribution >= 0.6 is 11.6 Å². The van der Waals surface area contributed by atoms with E-state index in [9.17, 15) is 4.79 Å². The Morgan fingerprint density at radius 2 is 1.90 bits per heavy atom. The lowest BCUT2D eigenvalue weighted by Gasteiger charge is -2.39. The molecule has 3 nitrogen and oxygen atoms in total. The zero-order valence-corrected chi connectivity index (χ0v) is 13.9. The van der Waals surface area contributed by atoms with E-state index in [1.165, 1.54) is 0 Å². The normalized spacial score (nSPS) is 17.2. The summed E-state index contributed by atoms with van der Waals surface area (Å²) in [6.45, 7) is 6.04. The Labute approximate surface area is 132 Å². The molecule has 1 aliphatic carbocycles.